The van der Waals surface area contributed by atoms with Crippen LogP contribution < -0.4 is 5.32 Å². The van der Waals surface area contributed by atoms with E-state index in [1.165, 1.54) is 6.07 Å². The molecule has 2 aromatic rings. The summed E-state index contributed by atoms with van der Waals surface area (Å²) in [6, 6.07) is 5.02. The minimum absolute atomic E-state index is 0.0167. The van der Waals surface area contributed by atoms with Gasteiger partial charge in [-0.2, -0.15) is 0 Å². The lowest BCUT2D eigenvalue weighted by atomic mass is 10.2. The molecule has 0 fully saturated rings. The first kappa shape index (κ1) is 12.5. The maximum absolute atomic E-state index is 13.5. The number of nitrogens with one attached hydrogen (secondary N) is 1. The average molecular weight is 250 g/mol. The van der Waals surface area contributed by atoms with Crippen LogP contribution in [0.4, 0.5) is 10.1 Å². The molecule has 6 heteroatoms. The fourth-order valence-electron chi connectivity index (χ4n) is 1.58. The van der Waals surface area contributed by atoms with Crippen molar-refractivity contribution >= 4 is 5.69 Å². The summed E-state index contributed by atoms with van der Waals surface area (Å²) in [5, 5.41) is 19.4. The Morgan fingerprint density at radius 1 is 1.44 bits per heavy atom. The second kappa shape index (κ2) is 5.59. The van der Waals surface area contributed by atoms with Crippen molar-refractivity contribution in [2.45, 2.75) is 20.0 Å². The van der Waals surface area contributed by atoms with Crippen LogP contribution in [0.25, 0.3) is 0 Å². The van der Waals surface area contributed by atoms with Crippen molar-refractivity contribution in [1.29, 1.82) is 0 Å². The van der Waals surface area contributed by atoms with Crippen molar-refractivity contribution in [3.63, 3.8) is 0 Å². The van der Waals surface area contributed by atoms with Gasteiger partial charge in [0.05, 0.1) is 31.6 Å². The number of hydrogen-bond acceptors (Lipinski definition) is 4. The summed E-state index contributed by atoms with van der Waals surface area (Å²) >= 11 is 0. The summed E-state index contributed by atoms with van der Waals surface area (Å²) in [4.78, 5) is 0. The van der Waals surface area contributed by atoms with E-state index in [-0.39, 0.29) is 12.4 Å². The first-order valence-electron chi connectivity index (χ1n) is 5.69. The monoisotopic (exact) mass is 250 g/mol. The first-order valence-corrected chi connectivity index (χ1v) is 5.69. The Morgan fingerprint density at radius 2 is 2.28 bits per heavy atom. The highest BCUT2D eigenvalue weighted by molar-refractivity contribution is 5.46. The second-order valence-electron chi connectivity index (χ2n) is 4.03. The van der Waals surface area contributed by atoms with E-state index in [9.17, 15) is 4.39 Å². The molecule has 5 nitrogen and oxygen atoms in total. The highest BCUT2D eigenvalue weighted by Gasteiger charge is 2.04. The molecule has 0 unspecified atom stereocenters. The van der Waals surface area contributed by atoms with Gasteiger partial charge in [-0.3, -0.25) is 0 Å². The van der Waals surface area contributed by atoms with E-state index < -0.39 is 0 Å². The lowest BCUT2D eigenvalue weighted by Gasteiger charge is -2.05. The van der Waals surface area contributed by atoms with Crippen molar-refractivity contribution in [3.05, 3.63) is 41.5 Å². The number of halogens is 1. The Bertz CT molecular complexity index is 527. The highest BCUT2D eigenvalue weighted by atomic mass is 19.1. The lowest BCUT2D eigenvalue weighted by molar-refractivity contribution is 0.268. The normalized spacial score (nSPS) is 10.6. The summed E-state index contributed by atoms with van der Waals surface area (Å²) in [5.41, 5.74) is 2.02. The molecule has 0 saturated carbocycles. The van der Waals surface area contributed by atoms with Crippen LogP contribution in [0.2, 0.25) is 0 Å². The van der Waals surface area contributed by atoms with Gasteiger partial charge < -0.3 is 10.4 Å². The van der Waals surface area contributed by atoms with Gasteiger partial charge in [0.1, 0.15) is 11.5 Å². The molecule has 2 N–H and O–H groups in total. The Morgan fingerprint density at radius 3 is 3.00 bits per heavy atom. The summed E-state index contributed by atoms with van der Waals surface area (Å²) < 4.78 is 15.1. The third kappa shape index (κ3) is 3.04. The van der Waals surface area contributed by atoms with Gasteiger partial charge in [0.15, 0.2) is 0 Å². The molecule has 1 heterocycles. The van der Waals surface area contributed by atoms with E-state index in [1.54, 1.807) is 16.9 Å². The molecule has 0 saturated heterocycles. The minimum atomic E-state index is -0.280. The van der Waals surface area contributed by atoms with Crippen LogP contribution in [0.1, 0.15) is 11.3 Å². The van der Waals surface area contributed by atoms with Gasteiger partial charge in [-0.15, -0.1) is 5.10 Å². The molecular formula is C12H15FN4O. The number of benzene rings is 1. The summed E-state index contributed by atoms with van der Waals surface area (Å²) in [6.45, 7) is 2.66. The molecule has 1 aromatic carbocycles. The van der Waals surface area contributed by atoms with Crippen LogP contribution in [-0.4, -0.2) is 26.7 Å². The SMILES string of the molecule is Cc1ccc(NCc2cn(CCO)nn2)c(F)c1. The largest absolute Gasteiger partial charge is 0.394 e. The van der Waals surface area contributed by atoms with Crippen LogP contribution in [-0.2, 0) is 13.1 Å². The number of aliphatic hydroxyl groups excluding tert-OH is 1. The van der Waals surface area contributed by atoms with Crippen LogP contribution in [0.15, 0.2) is 24.4 Å². The molecule has 0 amide bonds. The molecule has 2 rings (SSSR count). The van der Waals surface area contributed by atoms with Gasteiger partial charge in [-0.25, -0.2) is 9.07 Å². The molecule has 18 heavy (non-hydrogen) atoms. The standard InChI is InChI=1S/C12H15FN4O/c1-9-2-3-12(11(13)6-9)14-7-10-8-17(4-5-18)16-15-10/h2-3,6,8,14,18H,4-5,7H2,1H3. The van der Waals surface area contributed by atoms with E-state index in [2.05, 4.69) is 15.6 Å². The third-order valence-electron chi connectivity index (χ3n) is 2.50. The number of anilines is 1. The Balaban J connectivity index is 1.97. The predicted molar refractivity (Wildman–Crippen MR) is 65.6 cm³/mol. The van der Waals surface area contributed by atoms with Gasteiger partial charge in [0.25, 0.3) is 0 Å². The molecule has 0 radical (unpaired) electrons. The molecule has 0 spiro atoms. The molecular weight excluding hydrogens is 235 g/mol. The van der Waals surface area contributed by atoms with Gasteiger partial charge in [0, 0.05) is 0 Å². The maximum Gasteiger partial charge on any atom is 0.146 e. The Hall–Kier alpha value is -1.95. The van der Waals surface area contributed by atoms with Gasteiger partial charge in [0.2, 0.25) is 0 Å². The second-order valence-corrected chi connectivity index (χ2v) is 4.03. The predicted octanol–water partition coefficient (Wildman–Crippen LogP) is 1.33. The first-order chi connectivity index (χ1) is 8.69. The van der Waals surface area contributed by atoms with Gasteiger partial charge in [-0.1, -0.05) is 11.3 Å². The van der Waals surface area contributed by atoms with Crippen LogP contribution >= 0.6 is 0 Å². The zero-order valence-corrected chi connectivity index (χ0v) is 10.1. The molecule has 0 aliphatic rings. The molecule has 1 aromatic heterocycles. The highest BCUT2D eigenvalue weighted by Crippen LogP contribution is 2.15. The maximum atomic E-state index is 13.5. The summed E-state index contributed by atoms with van der Waals surface area (Å²) in [7, 11) is 0. The van der Waals surface area contributed by atoms with E-state index in [0.29, 0.717) is 24.5 Å². The number of hydrogen-bond donors (Lipinski definition) is 2. The van der Waals surface area contributed by atoms with Crippen molar-refractivity contribution in [2.75, 3.05) is 11.9 Å². The number of aromatic nitrogens is 3. The molecule has 0 atom stereocenters. The fraction of sp³-hybridized carbons (Fsp3) is 0.333. The quantitative estimate of drug-likeness (QED) is 0.840. The lowest BCUT2D eigenvalue weighted by Crippen LogP contribution is -2.03. The summed E-state index contributed by atoms with van der Waals surface area (Å²) in [6.07, 6.45) is 1.72. The Labute approximate surface area is 104 Å². The third-order valence-corrected chi connectivity index (χ3v) is 2.50. The number of rotatable bonds is 5. The van der Waals surface area contributed by atoms with Crippen LogP contribution in [0.3, 0.4) is 0 Å². The van der Waals surface area contributed by atoms with Crippen molar-refractivity contribution in [2.24, 2.45) is 0 Å². The van der Waals surface area contributed by atoms with Crippen molar-refractivity contribution in [3.8, 4) is 0 Å². The smallest absolute Gasteiger partial charge is 0.146 e. The average Bonchev–Trinajstić information content (AvgIpc) is 2.76. The van der Waals surface area contributed by atoms with E-state index in [0.717, 1.165) is 5.56 Å². The van der Waals surface area contributed by atoms with E-state index >= 15 is 0 Å². The van der Waals surface area contributed by atoms with Gasteiger partial charge >= 0.3 is 0 Å². The fourth-order valence-corrected chi connectivity index (χ4v) is 1.58. The minimum Gasteiger partial charge on any atom is -0.394 e. The molecule has 0 bridgehead atoms. The van der Waals surface area contributed by atoms with E-state index in [1.807, 2.05) is 13.0 Å². The molecule has 0 aliphatic carbocycles. The number of aliphatic hydroxyl groups is 1. The number of nitrogens with zero attached hydrogens (tertiary/aromatic N) is 3. The van der Waals surface area contributed by atoms with Crippen molar-refractivity contribution in [1.82, 2.24) is 15.0 Å². The zero-order chi connectivity index (χ0) is 13.0. The van der Waals surface area contributed by atoms with Crippen molar-refractivity contribution < 1.29 is 9.50 Å². The summed E-state index contributed by atoms with van der Waals surface area (Å²) in [5.74, 6) is -0.280. The van der Waals surface area contributed by atoms with Gasteiger partial charge in [-0.05, 0) is 24.6 Å². The van der Waals surface area contributed by atoms with Crippen LogP contribution in [0, 0.1) is 12.7 Å². The van der Waals surface area contributed by atoms with Crippen LogP contribution in [0.5, 0.6) is 0 Å². The molecule has 0 aliphatic heterocycles. The van der Waals surface area contributed by atoms with E-state index in [4.69, 9.17) is 5.11 Å². The number of aryl methyl sites for hydroxylation is 1. The molecule has 96 valence electrons. The zero-order valence-electron chi connectivity index (χ0n) is 10.1. The topological polar surface area (TPSA) is 63.0 Å². The Kier molecular flexibility index (Phi) is 3.88.